The summed E-state index contributed by atoms with van der Waals surface area (Å²) < 4.78 is 26.5. The summed E-state index contributed by atoms with van der Waals surface area (Å²) in [4.78, 5) is 0.360. The van der Waals surface area contributed by atoms with E-state index in [1.165, 1.54) is 5.56 Å². The molecule has 0 spiro atoms. The lowest BCUT2D eigenvalue weighted by atomic mass is 9.90. The summed E-state index contributed by atoms with van der Waals surface area (Å²) in [7, 11) is -3.33. The van der Waals surface area contributed by atoms with Crippen molar-refractivity contribution in [3.63, 3.8) is 0 Å². The standard InChI is InChI=1S/C14H22N2O2S.ClH/c1-2-9-16-19(17,18)14-5-3-12(4-6-14)13-7-10-15-11-8-13;/h3-6,13,15-16H,2,7-11H2,1H3;1H. The summed E-state index contributed by atoms with van der Waals surface area (Å²) in [5, 5.41) is 3.34. The van der Waals surface area contributed by atoms with Crippen molar-refractivity contribution in [2.24, 2.45) is 0 Å². The molecule has 0 bridgehead atoms. The molecule has 1 saturated heterocycles. The van der Waals surface area contributed by atoms with Gasteiger partial charge in [-0.05, 0) is 56.0 Å². The summed E-state index contributed by atoms with van der Waals surface area (Å²) in [6, 6.07) is 7.34. The van der Waals surface area contributed by atoms with Crippen molar-refractivity contribution in [2.75, 3.05) is 19.6 Å². The van der Waals surface area contributed by atoms with Crippen LogP contribution in [-0.2, 0) is 10.0 Å². The minimum atomic E-state index is -3.33. The third-order valence-corrected chi connectivity index (χ3v) is 5.02. The summed E-state index contributed by atoms with van der Waals surface area (Å²) in [5.41, 5.74) is 1.25. The first kappa shape index (κ1) is 17.4. The molecule has 6 heteroatoms. The van der Waals surface area contributed by atoms with Crippen LogP contribution >= 0.6 is 12.4 Å². The molecule has 1 aromatic carbocycles. The Kier molecular flexibility index (Phi) is 6.95. The highest BCUT2D eigenvalue weighted by molar-refractivity contribution is 7.89. The van der Waals surface area contributed by atoms with Crippen molar-refractivity contribution in [3.8, 4) is 0 Å². The molecule has 2 rings (SSSR count). The number of benzene rings is 1. The molecule has 0 saturated carbocycles. The van der Waals surface area contributed by atoms with Crippen LogP contribution in [0.25, 0.3) is 0 Å². The van der Waals surface area contributed by atoms with Gasteiger partial charge in [0, 0.05) is 6.54 Å². The molecular formula is C14H23ClN2O2S. The first-order valence-corrected chi connectivity index (χ1v) is 8.42. The van der Waals surface area contributed by atoms with Gasteiger partial charge in [0.15, 0.2) is 0 Å². The first-order valence-electron chi connectivity index (χ1n) is 6.94. The molecule has 1 heterocycles. The Morgan fingerprint density at radius 1 is 1.20 bits per heavy atom. The summed E-state index contributed by atoms with van der Waals surface area (Å²) in [6.07, 6.45) is 3.05. The van der Waals surface area contributed by atoms with Crippen LogP contribution in [0.5, 0.6) is 0 Å². The molecule has 20 heavy (non-hydrogen) atoms. The van der Waals surface area contributed by atoms with E-state index in [9.17, 15) is 8.42 Å². The highest BCUT2D eigenvalue weighted by Gasteiger charge is 2.17. The van der Waals surface area contributed by atoms with E-state index in [0.717, 1.165) is 32.4 Å². The topological polar surface area (TPSA) is 58.2 Å². The largest absolute Gasteiger partial charge is 0.317 e. The molecule has 114 valence electrons. The second-order valence-corrected chi connectivity index (χ2v) is 6.76. The molecule has 0 aliphatic carbocycles. The van der Waals surface area contributed by atoms with Gasteiger partial charge in [-0.2, -0.15) is 0 Å². The zero-order valence-corrected chi connectivity index (χ0v) is 13.4. The Labute approximate surface area is 127 Å². The number of piperidine rings is 1. The van der Waals surface area contributed by atoms with Gasteiger partial charge in [0.25, 0.3) is 0 Å². The maximum atomic E-state index is 12.0. The summed E-state index contributed by atoms with van der Waals surface area (Å²) in [5.74, 6) is 0.557. The Morgan fingerprint density at radius 3 is 2.35 bits per heavy atom. The number of hydrogen-bond acceptors (Lipinski definition) is 3. The molecule has 0 unspecified atom stereocenters. The Morgan fingerprint density at radius 2 is 1.80 bits per heavy atom. The first-order chi connectivity index (χ1) is 9.13. The fourth-order valence-electron chi connectivity index (χ4n) is 2.39. The van der Waals surface area contributed by atoms with Crippen molar-refractivity contribution < 1.29 is 8.42 Å². The predicted octanol–water partition coefficient (Wildman–Crippen LogP) is 2.26. The van der Waals surface area contributed by atoms with Gasteiger partial charge < -0.3 is 5.32 Å². The van der Waals surface area contributed by atoms with Gasteiger partial charge in [-0.1, -0.05) is 19.1 Å². The van der Waals surface area contributed by atoms with Gasteiger partial charge in [0.05, 0.1) is 4.90 Å². The van der Waals surface area contributed by atoms with E-state index in [1.807, 2.05) is 19.1 Å². The van der Waals surface area contributed by atoms with Crippen molar-refractivity contribution in [2.45, 2.75) is 37.0 Å². The minimum absolute atomic E-state index is 0. The molecule has 0 radical (unpaired) electrons. The second-order valence-electron chi connectivity index (χ2n) is 4.99. The van der Waals surface area contributed by atoms with E-state index in [-0.39, 0.29) is 12.4 Å². The highest BCUT2D eigenvalue weighted by atomic mass is 35.5. The van der Waals surface area contributed by atoms with Gasteiger partial charge in [0.2, 0.25) is 10.0 Å². The van der Waals surface area contributed by atoms with Crippen LogP contribution in [-0.4, -0.2) is 28.1 Å². The normalized spacial score (nSPS) is 16.6. The van der Waals surface area contributed by atoms with Crippen molar-refractivity contribution in [3.05, 3.63) is 29.8 Å². The monoisotopic (exact) mass is 318 g/mol. The molecule has 1 aliphatic rings. The maximum Gasteiger partial charge on any atom is 0.240 e. The molecule has 4 nitrogen and oxygen atoms in total. The quantitative estimate of drug-likeness (QED) is 0.875. The van der Waals surface area contributed by atoms with Gasteiger partial charge in [-0.3, -0.25) is 0 Å². The van der Waals surface area contributed by atoms with E-state index in [1.54, 1.807) is 12.1 Å². The molecule has 0 atom stereocenters. The van der Waals surface area contributed by atoms with Crippen LogP contribution in [0.4, 0.5) is 0 Å². The molecule has 1 aliphatic heterocycles. The molecule has 2 N–H and O–H groups in total. The van der Waals surface area contributed by atoms with Crippen molar-refractivity contribution >= 4 is 22.4 Å². The SMILES string of the molecule is CCCNS(=O)(=O)c1ccc(C2CCNCC2)cc1.Cl. The molecule has 1 aromatic rings. The maximum absolute atomic E-state index is 12.0. The summed E-state index contributed by atoms with van der Waals surface area (Å²) >= 11 is 0. The van der Waals surface area contributed by atoms with Gasteiger partial charge in [-0.15, -0.1) is 12.4 Å². The van der Waals surface area contributed by atoms with Crippen LogP contribution in [0.1, 0.15) is 37.7 Å². The van der Waals surface area contributed by atoms with Crippen LogP contribution in [0, 0.1) is 0 Å². The van der Waals surface area contributed by atoms with Gasteiger partial charge in [0.1, 0.15) is 0 Å². The lowest BCUT2D eigenvalue weighted by Gasteiger charge is -2.23. The Hall–Kier alpha value is -0.620. The second kappa shape index (κ2) is 7.98. The van der Waals surface area contributed by atoms with Crippen molar-refractivity contribution in [1.82, 2.24) is 10.0 Å². The fraction of sp³-hybridized carbons (Fsp3) is 0.571. The van der Waals surface area contributed by atoms with E-state index in [4.69, 9.17) is 0 Å². The third-order valence-electron chi connectivity index (χ3n) is 3.54. The smallest absolute Gasteiger partial charge is 0.240 e. The van der Waals surface area contributed by atoms with Crippen LogP contribution in [0.15, 0.2) is 29.2 Å². The highest BCUT2D eigenvalue weighted by Crippen LogP contribution is 2.25. The lowest BCUT2D eigenvalue weighted by Crippen LogP contribution is -2.27. The number of sulfonamides is 1. The zero-order valence-electron chi connectivity index (χ0n) is 11.8. The van der Waals surface area contributed by atoms with Crippen LogP contribution < -0.4 is 10.0 Å². The molecule has 0 aromatic heterocycles. The summed E-state index contributed by atoms with van der Waals surface area (Å²) in [6.45, 7) is 4.52. The average Bonchev–Trinajstić information content (AvgIpc) is 2.46. The number of hydrogen-bond donors (Lipinski definition) is 2. The predicted molar refractivity (Wildman–Crippen MR) is 84.0 cm³/mol. The Bertz CT molecular complexity index is 496. The van der Waals surface area contributed by atoms with E-state index in [0.29, 0.717) is 17.4 Å². The van der Waals surface area contributed by atoms with Crippen LogP contribution in [0.2, 0.25) is 0 Å². The van der Waals surface area contributed by atoms with E-state index in [2.05, 4.69) is 10.0 Å². The minimum Gasteiger partial charge on any atom is -0.317 e. The lowest BCUT2D eigenvalue weighted by molar-refractivity contribution is 0.460. The number of rotatable bonds is 5. The van der Waals surface area contributed by atoms with Crippen LogP contribution in [0.3, 0.4) is 0 Å². The number of nitrogens with one attached hydrogen (secondary N) is 2. The molecule has 0 amide bonds. The van der Waals surface area contributed by atoms with Gasteiger partial charge >= 0.3 is 0 Å². The van der Waals surface area contributed by atoms with Crippen molar-refractivity contribution in [1.29, 1.82) is 0 Å². The number of halogens is 1. The Balaban J connectivity index is 0.00000200. The van der Waals surface area contributed by atoms with E-state index < -0.39 is 10.0 Å². The third kappa shape index (κ3) is 4.45. The fourth-order valence-corrected chi connectivity index (χ4v) is 3.53. The molecule has 1 fully saturated rings. The zero-order chi connectivity index (χ0) is 13.7. The van der Waals surface area contributed by atoms with E-state index >= 15 is 0 Å². The van der Waals surface area contributed by atoms with Gasteiger partial charge in [-0.25, -0.2) is 13.1 Å². The molecular weight excluding hydrogens is 296 g/mol. The average molecular weight is 319 g/mol.